The first kappa shape index (κ1) is 23.0. The van der Waals surface area contributed by atoms with E-state index in [2.05, 4.69) is 4.90 Å². The molecule has 8 heteroatoms. The van der Waals surface area contributed by atoms with Gasteiger partial charge >= 0.3 is 5.97 Å². The number of esters is 1. The summed E-state index contributed by atoms with van der Waals surface area (Å²) >= 11 is 5.90. The van der Waals surface area contributed by atoms with Crippen LogP contribution in [0.1, 0.15) is 15.9 Å². The monoisotopic (exact) mass is 437 g/mol. The topological polar surface area (TPSA) is 75.9 Å². The molecule has 1 aliphatic heterocycles. The van der Waals surface area contributed by atoms with Crippen LogP contribution in [0, 0.1) is 0 Å². The van der Waals surface area contributed by atoms with Crippen LogP contribution in [0.3, 0.4) is 0 Å². The van der Waals surface area contributed by atoms with Crippen LogP contribution in [0.5, 0.6) is 0 Å². The van der Waals surface area contributed by atoms with Gasteiger partial charge in [0.15, 0.2) is 0 Å². The maximum absolute atomic E-state index is 12.7. The first-order valence-corrected chi connectivity index (χ1v) is 9.58. The summed E-state index contributed by atoms with van der Waals surface area (Å²) in [5.41, 5.74) is 8.49. The van der Waals surface area contributed by atoms with E-state index in [1.165, 1.54) is 7.11 Å². The minimum absolute atomic E-state index is 0. The van der Waals surface area contributed by atoms with E-state index in [4.69, 9.17) is 22.1 Å². The summed E-state index contributed by atoms with van der Waals surface area (Å²) in [6, 6.07) is 14.1. The number of piperazine rings is 1. The quantitative estimate of drug-likeness (QED) is 0.727. The molecule has 2 N–H and O–H groups in total. The van der Waals surface area contributed by atoms with Crippen LogP contribution in [0.2, 0.25) is 5.02 Å². The fourth-order valence-corrected chi connectivity index (χ4v) is 3.52. The lowest BCUT2D eigenvalue weighted by Crippen LogP contribution is -2.53. The highest BCUT2D eigenvalue weighted by Gasteiger charge is 2.27. The number of carbonyl (C=O) groups excluding carboxylic acids is 2. The van der Waals surface area contributed by atoms with Crippen LogP contribution in [-0.4, -0.2) is 56.1 Å². The summed E-state index contributed by atoms with van der Waals surface area (Å²) in [7, 11) is 1.37. The molecule has 1 unspecified atom stereocenters. The largest absolute Gasteiger partial charge is 0.465 e. The van der Waals surface area contributed by atoms with Gasteiger partial charge in [-0.1, -0.05) is 35.9 Å². The van der Waals surface area contributed by atoms with Crippen LogP contribution in [-0.2, 0) is 16.0 Å². The summed E-state index contributed by atoms with van der Waals surface area (Å²) in [5.74, 6) is -0.421. The van der Waals surface area contributed by atoms with Crippen molar-refractivity contribution in [3.8, 4) is 0 Å². The molecule has 0 aliphatic carbocycles. The number of carbonyl (C=O) groups is 2. The molecule has 2 aromatic rings. The fourth-order valence-electron chi connectivity index (χ4n) is 3.40. The molecule has 1 amide bonds. The predicted molar refractivity (Wildman–Crippen MR) is 117 cm³/mol. The number of hydrogen-bond donors (Lipinski definition) is 1. The highest BCUT2D eigenvalue weighted by Crippen LogP contribution is 2.23. The average molecular weight is 438 g/mol. The van der Waals surface area contributed by atoms with Gasteiger partial charge in [0.1, 0.15) is 0 Å². The van der Waals surface area contributed by atoms with Crippen molar-refractivity contribution in [2.45, 2.75) is 12.5 Å². The van der Waals surface area contributed by atoms with E-state index in [0.29, 0.717) is 43.2 Å². The Kier molecular flexibility index (Phi) is 8.32. The molecule has 3 rings (SSSR count). The van der Waals surface area contributed by atoms with Crippen molar-refractivity contribution in [1.82, 2.24) is 4.90 Å². The second-order valence-corrected chi connectivity index (χ2v) is 7.19. The number of benzene rings is 2. The number of amides is 1. The van der Waals surface area contributed by atoms with Crippen molar-refractivity contribution in [2.24, 2.45) is 5.73 Å². The predicted octanol–water partition coefficient (Wildman–Crippen LogP) is 2.77. The van der Waals surface area contributed by atoms with E-state index in [1.54, 1.807) is 23.1 Å². The molecule has 0 bridgehead atoms. The van der Waals surface area contributed by atoms with E-state index in [0.717, 1.165) is 11.3 Å². The first-order valence-electron chi connectivity index (χ1n) is 9.20. The number of rotatable bonds is 5. The van der Waals surface area contributed by atoms with Crippen molar-refractivity contribution < 1.29 is 14.3 Å². The number of nitrogens with two attached hydrogens (primary N) is 1. The SMILES string of the molecule is COC(=O)c1ccccc1N1CCN(C(=O)C(N)Cc2ccc(Cl)cc2)CC1.Cl. The molecule has 1 saturated heterocycles. The van der Waals surface area contributed by atoms with Crippen LogP contribution >= 0.6 is 24.0 Å². The van der Waals surface area contributed by atoms with Crippen LogP contribution in [0.4, 0.5) is 5.69 Å². The molecule has 1 fully saturated rings. The zero-order valence-corrected chi connectivity index (χ0v) is 17.8. The Hall–Kier alpha value is -2.28. The fraction of sp³-hybridized carbons (Fsp3) is 0.333. The maximum Gasteiger partial charge on any atom is 0.339 e. The molecule has 6 nitrogen and oxygen atoms in total. The molecule has 0 radical (unpaired) electrons. The van der Waals surface area contributed by atoms with E-state index >= 15 is 0 Å². The van der Waals surface area contributed by atoms with Crippen molar-refractivity contribution in [2.75, 3.05) is 38.2 Å². The van der Waals surface area contributed by atoms with E-state index in [1.807, 2.05) is 30.3 Å². The van der Waals surface area contributed by atoms with Gasteiger partial charge in [-0.2, -0.15) is 0 Å². The lowest BCUT2D eigenvalue weighted by atomic mass is 10.0. The number of anilines is 1. The van der Waals surface area contributed by atoms with Crippen molar-refractivity contribution in [3.05, 3.63) is 64.7 Å². The van der Waals surface area contributed by atoms with Gasteiger partial charge in [0.25, 0.3) is 0 Å². The van der Waals surface area contributed by atoms with Crippen molar-refractivity contribution in [1.29, 1.82) is 0 Å². The van der Waals surface area contributed by atoms with E-state index in [-0.39, 0.29) is 24.3 Å². The smallest absolute Gasteiger partial charge is 0.339 e. The normalized spacial score (nSPS) is 14.7. The van der Waals surface area contributed by atoms with E-state index in [9.17, 15) is 9.59 Å². The number of methoxy groups -OCH3 is 1. The lowest BCUT2D eigenvalue weighted by Gasteiger charge is -2.37. The second-order valence-electron chi connectivity index (χ2n) is 6.76. The van der Waals surface area contributed by atoms with Crippen LogP contribution in [0.15, 0.2) is 48.5 Å². The van der Waals surface area contributed by atoms with Gasteiger partial charge < -0.3 is 20.3 Å². The highest BCUT2D eigenvalue weighted by molar-refractivity contribution is 6.30. The van der Waals surface area contributed by atoms with Gasteiger partial charge in [-0.15, -0.1) is 12.4 Å². The van der Waals surface area contributed by atoms with Gasteiger partial charge in [-0.25, -0.2) is 4.79 Å². The van der Waals surface area contributed by atoms with Gasteiger partial charge in [-0.3, -0.25) is 4.79 Å². The zero-order valence-electron chi connectivity index (χ0n) is 16.2. The third-order valence-corrected chi connectivity index (χ3v) is 5.18. The van der Waals surface area contributed by atoms with Gasteiger partial charge in [-0.05, 0) is 36.2 Å². The third kappa shape index (κ3) is 5.63. The Balaban J connectivity index is 0.00000300. The lowest BCUT2D eigenvalue weighted by molar-refractivity contribution is -0.132. The highest BCUT2D eigenvalue weighted by atomic mass is 35.5. The van der Waals surface area contributed by atoms with Crippen LogP contribution in [0.25, 0.3) is 0 Å². The first-order chi connectivity index (χ1) is 13.5. The minimum atomic E-state index is -0.588. The number of halogens is 2. The van der Waals surface area contributed by atoms with Gasteiger partial charge in [0.05, 0.1) is 24.4 Å². The summed E-state index contributed by atoms with van der Waals surface area (Å²) in [6.45, 7) is 2.38. The molecule has 0 saturated carbocycles. The Morgan fingerprint density at radius 1 is 1.07 bits per heavy atom. The minimum Gasteiger partial charge on any atom is -0.465 e. The molecular formula is C21H25Cl2N3O3. The molecule has 29 heavy (non-hydrogen) atoms. The third-order valence-electron chi connectivity index (χ3n) is 4.93. The summed E-state index contributed by atoms with van der Waals surface area (Å²) in [5, 5.41) is 0.659. The molecule has 1 atom stereocenters. The molecule has 0 spiro atoms. The molecular weight excluding hydrogens is 413 g/mol. The number of nitrogens with zero attached hydrogens (tertiary/aromatic N) is 2. The summed E-state index contributed by atoms with van der Waals surface area (Å²) < 4.78 is 4.87. The van der Waals surface area contributed by atoms with Crippen molar-refractivity contribution >= 4 is 41.6 Å². The van der Waals surface area contributed by atoms with Gasteiger partial charge in [0, 0.05) is 31.2 Å². The Morgan fingerprint density at radius 2 is 1.69 bits per heavy atom. The maximum atomic E-state index is 12.7. The zero-order chi connectivity index (χ0) is 20.1. The van der Waals surface area contributed by atoms with Crippen LogP contribution < -0.4 is 10.6 Å². The number of ether oxygens (including phenoxy) is 1. The van der Waals surface area contributed by atoms with Gasteiger partial charge in [0.2, 0.25) is 5.91 Å². The Morgan fingerprint density at radius 3 is 2.31 bits per heavy atom. The van der Waals surface area contributed by atoms with E-state index < -0.39 is 6.04 Å². The average Bonchev–Trinajstić information content (AvgIpc) is 2.74. The number of para-hydroxylation sites is 1. The molecule has 0 aromatic heterocycles. The molecule has 1 aliphatic rings. The second kappa shape index (κ2) is 10.5. The summed E-state index contributed by atoms with van der Waals surface area (Å²) in [6.07, 6.45) is 0.474. The standard InChI is InChI=1S/C21H24ClN3O3.ClH/c1-28-21(27)17-4-2-3-5-19(17)24-10-12-25(13-11-24)20(26)18(23)14-15-6-8-16(22)9-7-15;/h2-9,18H,10-14,23H2,1H3;1H. The Labute approximate surface area is 182 Å². The molecule has 2 aromatic carbocycles. The summed E-state index contributed by atoms with van der Waals surface area (Å²) in [4.78, 5) is 28.6. The Bertz CT molecular complexity index is 837. The molecule has 1 heterocycles. The number of hydrogen-bond acceptors (Lipinski definition) is 5. The molecule has 156 valence electrons. The van der Waals surface area contributed by atoms with Crippen molar-refractivity contribution in [3.63, 3.8) is 0 Å².